The van der Waals surface area contributed by atoms with E-state index in [9.17, 15) is 4.79 Å². The average molecular weight is 283 g/mol. The molecular formula is C17H21N3O. The van der Waals surface area contributed by atoms with Crippen LogP contribution in [0.5, 0.6) is 0 Å². The molecule has 0 aromatic heterocycles. The number of anilines is 2. The van der Waals surface area contributed by atoms with E-state index in [0.29, 0.717) is 11.3 Å². The summed E-state index contributed by atoms with van der Waals surface area (Å²) in [5.41, 5.74) is 10.4. The predicted octanol–water partition coefficient (Wildman–Crippen LogP) is 3.11. The largest absolute Gasteiger partial charge is 0.397 e. The second-order valence-corrected chi connectivity index (χ2v) is 5.16. The van der Waals surface area contributed by atoms with Gasteiger partial charge < -0.3 is 16.4 Å². The van der Waals surface area contributed by atoms with Crippen LogP contribution in [0, 0.1) is 6.92 Å². The van der Waals surface area contributed by atoms with Gasteiger partial charge in [0.2, 0.25) is 0 Å². The van der Waals surface area contributed by atoms with Crippen LogP contribution in [0.3, 0.4) is 0 Å². The molecule has 0 fully saturated rings. The SMILES string of the molecule is CNC(=O)c1ccc(NC(C)c2ccc(C)cc2)c(N)c1. The molecule has 0 saturated heterocycles. The quantitative estimate of drug-likeness (QED) is 0.755. The first kappa shape index (κ1) is 14.9. The van der Waals surface area contributed by atoms with E-state index in [1.165, 1.54) is 11.1 Å². The van der Waals surface area contributed by atoms with E-state index in [4.69, 9.17) is 5.73 Å². The van der Waals surface area contributed by atoms with E-state index in [1.54, 1.807) is 19.2 Å². The Bertz CT molecular complexity index is 635. The maximum Gasteiger partial charge on any atom is 0.251 e. The minimum Gasteiger partial charge on any atom is -0.397 e. The molecule has 0 aliphatic heterocycles. The summed E-state index contributed by atoms with van der Waals surface area (Å²) < 4.78 is 0. The minimum absolute atomic E-state index is 0.138. The standard InChI is InChI=1S/C17H21N3O/c1-11-4-6-13(7-5-11)12(2)20-16-9-8-14(10-15(16)18)17(21)19-3/h4-10,12,20H,18H2,1-3H3,(H,19,21). The van der Waals surface area contributed by atoms with Gasteiger partial charge in [0, 0.05) is 18.7 Å². The number of carbonyl (C=O) groups is 1. The number of rotatable bonds is 4. The monoisotopic (exact) mass is 283 g/mol. The Balaban J connectivity index is 2.15. The number of aryl methyl sites for hydroxylation is 1. The van der Waals surface area contributed by atoms with Crippen molar-refractivity contribution in [3.8, 4) is 0 Å². The lowest BCUT2D eigenvalue weighted by Gasteiger charge is -2.18. The number of carbonyl (C=O) groups excluding carboxylic acids is 1. The molecule has 0 bridgehead atoms. The zero-order chi connectivity index (χ0) is 15.4. The lowest BCUT2D eigenvalue weighted by molar-refractivity contribution is 0.0963. The van der Waals surface area contributed by atoms with Crippen molar-refractivity contribution in [2.45, 2.75) is 19.9 Å². The minimum atomic E-state index is -0.139. The third-order valence-corrected chi connectivity index (χ3v) is 3.49. The van der Waals surface area contributed by atoms with Gasteiger partial charge in [-0.3, -0.25) is 4.79 Å². The zero-order valence-electron chi connectivity index (χ0n) is 12.6. The molecule has 4 heteroatoms. The van der Waals surface area contributed by atoms with Crippen molar-refractivity contribution in [1.29, 1.82) is 0 Å². The lowest BCUT2D eigenvalue weighted by atomic mass is 10.1. The molecule has 0 heterocycles. The van der Waals surface area contributed by atoms with Crippen LogP contribution in [0.4, 0.5) is 11.4 Å². The van der Waals surface area contributed by atoms with Crippen molar-refractivity contribution in [2.75, 3.05) is 18.1 Å². The highest BCUT2D eigenvalue weighted by Crippen LogP contribution is 2.25. The predicted molar refractivity (Wildman–Crippen MR) is 87.5 cm³/mol. The van der Waals surface area contributed by atoms with Crippen molar-refractivity contribution in [2.24, 2.45) is 0 Å². The Morgan fingerprint density at radius 2 is 1.81 bits per heavy atom. The highest BCUT2D eigenvalue weighted by atomic mass is 16.1. The van der Waals surface area contributed by atoms with Crippen molar-refractivity contribution in [3.63, 3.8) is 0 Å². The molecule has 2 rings (SSSR count). The smallest absolute Gasteiger partial charge is 0.251 e. The number of benzene rings is 2. The molecule has 1 unspecified atom stereocenters. The van der Waals surface area contributed by atoms with Gasteiger partial charge in [0.1, 0.15) is 0 Å². The fraction of sp³-hybridized carbons (Fsp3) is 0.235. The summed E-state index contributed by atoms with van der Waals surface area (Å²) in [5, 5.41) is 5.96. The third-order valence-electron chi connectivity index (χ3n) is 3.49. The average Bonchev–Trinajstić information content (AvgIpc) is 2.49. The highest BCUT2D eigenvalue weighted by molar-refractivity contribution is 5.95. The topological polar surface area (TPSA) is 67.2 Å². The highest BCUT2D eigenvalue weighted by Gasteiger charge is 2.10. The zero-order valence-corrected chi connectivity index (χ0v) is 12.6. The van der Waals surface area contributed by atoms with E-state index in [-0.39, 0.29) is 11.9 Å². The molecule has 2 aromatic rings. The van der Waals surface area contributed by atoms with Crippen molar-refractivity contribution in [3.05, 3.63) is 59.2 Å². The van der Waals surface area contributed by atoms with E-state index in [0.717, 1.165) is 5.69 Å². The molecule has 0 aliphatic carbocycles. The molecule has 0 aliphatic rings. The molecule has 4 nitrogen and oxygen atoms in total. The normalized spacial score (nSPS) is 11.8. The molecule has 2 aromatic carbocycles. The van der Waals surface area contributed by atoms with E-state index in [1.807, 2.05) is 6.07 Å². The Morgan fingerprint density at radius 1 is 1.14 bits per heavy atom. The summed E-state index contributed by atoms with van der Waals surface area (Å²) in [7, 11) is 1.60. The van der Waals surface area contributed by atoms with Gasteiger partial charge >= 0.3 is 0 Å². The van der Waals surface area contributed by atoms with E-state index < -0.39 is 0 Å². The number of nitrogens with one attached hydrogen (secondary N) is 2. The van der Waals surface area contributed by atoms with Crippen LogP contribution < -0.4 is 16.4 Å². The third kappa shape index (κ3) is 3.54. The van der Waals surface area contributed by atoms with E-state index in [2.05, 4.69) is 48.7 Å². The molecule has 110 valence electrons. The molecule has 0 radical (unpaired) electrons. The number of amides is 1. The Kier molecular flexibility index (Phi) is 4.48. The lowest BCUT2D eigenvalue weighted by Crippen LogP contribution is -2.18. The fourth-order valence-corrected chi connectivity index (χ4v) is 2.15. The summed E-state index contributed by atoms with van der Waals surface area (Å²) >= 11 is 0. The van der Waals surface area contributed by atoms with Gasteiger partial charge in [-0.15, -0.1) is 0 Å². The van der Waals surface area contributed by atoms with Crippen LogP contribution in [0.1, 0.15) is 34.5 Å². The van der Waals surface area contributed by atoms with Crippen molar-refractivity contribution < 1.29 is 4.79 Å². The van der Waals surface area contributed by atoms with Crippen molar-refractivity contribution >= 4 is 17.3 Å². The second kappa shape index (κ2) is 6.31. The van der Waals surface area contributed by atoms with Crippen LogP contribution in [0.15, 0.2) is 42.5 Å². The van der Waals surface area contributed by atoms with Crippen LogP contribution in [-0.2, 0) is 0 Å². The summed E-state index contributed by atoms with van der Waals surface area (Å²) in [5.74, 6) is -0.139. The van der Waals surface area contributed by atoms with Gasteiger partial charge in [0.05, 0.1) is 11.4 Å². The molecular weight excluding hydrogens is 262 g/mol. The summed E-state index contributed by atoms with van der Waals surface area (Å²) in [6.45, 7) is 4.15. The van der Waals surface area contributed by atoms with Crippen molar-refractivity contribution in [1.82, 2.24) is 5.32 Å². The van der Waals surface area contributed by atoms with Gasteiger partial charge in [-0.1, -0.05) is 29.8 Å². The number of hydrogen-bond donors (Lipinski definition) is 3. The number of nitrogens with two attached hydrogens (primary N) is 1. The van der Waals surface area contributed by atoms with Gasteiger partial charge in [0.25, 0.3) is 5.91 Å². The molecule has 0 saturated carbocycles. The first-order valence-electron chi connectivity index (χ1n) is 6.96. The molecule has 4 N–H and O–H groups in total. The Morgan fingerprint density at radius 3 is 2.38 bits per heavy atom. The molecule has 1 amide bonds. The summed E-state index contributed by atoms with van der Waals surface area (Å²) in [4.78, 5) is 11.6. The molecule has 1 atom stereocenters. The first-order chi connectivity index (χ1) is 10.0. The fourth-order valence-electron chi connectivity index (χ4n) is 2.15. The second-order valence-electron chi connectivity index (χ2n) is 5.16. The molecule has 0 spiro atoms. The maximum absolute atomic E-state index is 11.6. The van der Waals surface area contributed by atoms with Gasteiger partial charge in [-0.2, -0.15) is 0 Å². The van der Waals surface area contributed by atoms with Crippen LogP contribution >= 0.6 is 0 Å². The summed E-state index contributed by atoms with van der Waals surface area (Å²) in [6, 6.07) is 13.8. The van der Waals surface area contributed by atoms with Crippen LogP contribution in [-0.4, -0.2) is 13.0 Å². The molecule has 21 heavy (non-hydrogen) atoms. The Hall–Kier alpha value is -2.49. The number of hydrogen-bond acceptors (Lipinski definition) is 3. The van der Waals surface area contributed by atoms with Crippen LogP contribution in [0.25, 0.3) is 0 Å². The van der Waals surface area contributed by atoms with Gasteiger partial charge in [0.15, 0.2) is 0 Å². The van der Waals surface area contributed by atoms with Gasteiger partial charge in [-0.25, -0.2) is 0 Å². The summed E-state index contributed by atoms with van der Waals surface area (Å²) in [6.07, 6.45) is 0. The van der Waals surface area contributed by atoms with E-state index >= 15 is 0 Å². The van der Waals surface area contributed by atoms with Gasteiger partial charge in [-0.05, 0) is 37.6 Å². The number of nitrogen functional groups attached to an aromatic ring is 1. The first-order valence-corrected chi connectivity index (χ1v) is 6.96. The Labute approximate surface area is 125 Å². The van der Waals surface area contributed by atoms with Crippen LogP contribution in [0.2, 0.25) is 0 Å². The maximum atomic E-state index is 11.6.